The number of alkyl halides is 3. The zero-order valence-electron chi connectivity index (χ0n) is 15.2. The van der Waals surface area contributed by atoms with Crippen LogP contribution in [0.15, 0.2) is 55.1 Å². The normalized spacial score (nSPS) is 14.3. The number of amides is 1. The van der Waals surface area contributed by atoms with E-state index in [0.717, 1.165) is 36.3 Å². The maximum absolute atomic E-state index is 13.5. The van der Waals surface area contributed by atoms with E-state index >= 15 is 0 Å². The molecule has 2 aromatic carbocycles. The quantitative estimate of drug-likeness (QED) is 0.684. The first-order valence-corrected chi connectivity index (χ1v) is 9.05. The van der Waals surface area contributed by atoms with Gasteiger partial charge in [0.15, 0.2) is 0 Å². The number of hydrogen-bond acceptors (Lipinski definition) is 4. The Morgan fingerprint density at radius 2 is 1.97 bits per heavy atom. The molecule has 0 aliphatic heterocycles. The molecule has 29 heavy (non-hydrogen) atoms. The van der Waals surface area contributed by atoms with Crippen LogP contribution in [-0.4, -0.2) is 26.8 Å². The lowest BCUT2D eigenvalue weighted by atomic mass is 9.96. The van der Waals surface area contributed by atoms with E-state index in [1.807, 2.05) is 0 Å². The maximum atomic E-state index is 13.5. The van der Waals surface area contributed by atoms with Crippen molar-refractivity contribution < 1.29 is 22.7 Å². The van der Waals surface area contributed by atoms with Gasteiger partial charge in [0.25, 0.3) is 5.91 Å². The van der Waals surface area contributed by atoms with Crippen molar-refractivity contribution in [3.63, 3.8) is 0 Å². The van der Waals surface area contributed by atoms with Crippen molar-refractivity contribution in [2.75, 3.05) is 5.32 Å². The Morgan fingerprint density at radius 1 is 1.17 bits per heavy atom. The third-order valence-corrected chi connectivity index (χ3v) is 4.70. The number of aromatic nitrogens is 3. The predicted octanol–water partition coefficient (Wildman–Crippen LogP) is 4.47. The molecular formula is C20H17F3N4O2. The lowest BCUT2D eigenvalue weighted by molar-refractivity contribution is -0.137. The number of ether oxygens (including phenoxy) is 1. The highest BCUT2D eigenvalue weighted by atomic mass is 19.4. The van der Waals surface area contributed by atoms with Gasteiger partial charge < -0.3 is 10.1 Å². The van der Waals surface area contributed by atoms with Gasteiger partial charge in [-0.1, -0.05) is 12.1 Å². The second kappa shape index (κ2) is 7.57. The summed E-state index contributed by atoms with van der Waals surface area (Å²) in [5.74, 6) is -0.119. The highest BCUT2D eigenvalue weighted by Gasteiger charge is 2.35. The van der Waals surface area contributed by atoms with Crippen LogP contribution in [0.25, 0.3) is 5.69 Å². The number of anilines is 1. The minimum absolute atomic E-state index is 0.0182. The SMILES string of the molecule is O=C(Nc1ccc(-n2cncn2)c(C(F)(F)F)c1)c1ccccc1OC1CCC1. The van der Waals surface area contributed by atoms with E-state index in [4.69, 9.17) is 4.74 Å². The Kier molecular flexibility index (Phi) is 4.96. The molecule has 0 spiro atoms. The van der Waals surface area contributed by atoms with Crippen LogP contribution in [0.5, 0.6) is 5.75 Å². The number of hydrogen-bond donors (Lipinski definition) is 1. The van der Waals surface area contributed by atoms with Crippen molar-refractivity contribution in [2.24, 2.45) is 0 Å². The van der Waals surface area contributed by atoms with Crippen LogP contribution in [-0.2, 0) is 6.18 Å². The summed E-state index contributed by atoms with van der Waals surface area (Å²) in [7, 11) is 0. The lowest BCUT2D eigenvalue weighted by Crippen LogP contribution is -2.26. The first-order chi connectivity index (χ1) is 13.9. The standard InChI is InChI=1S/C20H17F3N4O2/c21-20(22,23)16-10-13(8-9-17(16)27-12-24-11-25-27)26-19(28)15-6-1-2-7-18(15)29-14-4-3-5-14/h1-2,6-12,14H,3-5H2,(H,26,28). The Labute approximate surface area is 164 Å². The Morgan fingerprint density at radius 3 is 2.62 bits per heavy atom. The largest absolute Gasteiger partial charge is 0.490 e. The van der Waals surface area contributed by atoms with E-state index in [2.05, 4.69) is 15.4 Å². The summed E-state index contributed by atoms with van der Waals surface area (Å²) in [6, 6.07) is 10.2. The molecule has 0 atom stereocenters. The van der Waals surface area contributed by atoms with Crippen LogP contribution < -0.4 is 10.1 Å². The van der Waals surface area contributed by atoms with Crippen LogP contribution in [0, 0.1) is 0 Å². The fraction of sp³-hybridized carbons (Fsp3) is 0.250. The summed E-state index contributed by atoms with van der Waals surface area (Å²) in [4.78, 5) is 16.4. The maximum Gasteiger partial charge on any atom is 0.418 e. The molecule has 0 bridgehead atoms. The molecule has 0 unspecified atom stereocenters. The van der Waals surface area contributed by atoms with Crippen molar-refractivity contribution in [2.45, 2.75) is 31.5 Å². The minimum Gasteiger partial charge on any atom is -0.490 e. The van der Waals surface area contributed by atoms with Crippen molar-refractivity contribution >= 4 is 11.6 Å². The van der Waals surface area contributed by atoms with Gasteiger partial charge in [0.05, 0.1) is 22.9 Å². The summed E-state index contributed by atoms with van der Waals surface area (Å²) in [5, 5.41) is 6.28. The average molecular weight is 402 g/mol. The van der Waals surface area contributed by atoms with Gasteiger partial charge in [-0.05, 0) is 49.6 Å². The number of rotatable bonds is 5. The van der Waals surface area contributed by atoms with Crippen LogP contribution in [0.2, 0.25) is 0 Å². The third kappa shape index (κ3) is 4.08. The molecule has 0 radical (unpaired) electrons. The van der Waals surface area contributed by atoms with Crippen molar-refractivity contribution in [1.82, 2.24) is 14.8 Å². The van der Waals surface area contributed by atoms with E-state index in [9.17, 15) is 18.0 Å². The molecule has 1 aromatic heterocycles. The number of carbonyl (C=O) groups excluding carboxylic acids is 1. The van der Waals surface area contributed by atoms with Gasteiger partial charge in [0.2, 0.25) is 0 Å². The van der Waals surface area contributed by atoms with Crippen molar-refractivity contribution in [3.8, 4) is 11.4 Å². The Hall–Kier alpha value is -3.36. The molecule has 9 heteroatoms. The van der Waals surface area contributed by atoms with Gasteiger partial charge in [-0.15, -0.1) is 0 Å². The van der Waals surface area contributed by atoms with Gasteiger partial charge in [-0.25, -0.2) is 9.67 Å². The second-order valence-electron chi connectivity index (χ2n) is 6.69. The predicted molar refractivity (Wildman–Crippen MR) is 99.0 cm³/mol. The highest BCUT2D eigenvalue weighted by molar-refractivity contribution is 6.06. The molecule has 4 rings (SSSR count). The molecule has 1 heterocycles. The third-order valence-electron chi connectivity index (χ3n) is 4.70. The molecule has 1 aliphatic carbocycles. The molecule has 150 valence electrons. The number of para-hydroxylation sites is 1. The number of nitrogens with zero attached hydrogens (tertiary/aromatic N) is 3. The zero-order chi connectivity index (χ0) is 20.4. The lowest BCUT2D eigenvalue weighted by Gasteiger charge is -2.27. The van der Waals surface area contributed by atoms with E-state index in [1.54, 1.807) is 24.3 Å². The van der Waals surface area contributed by atoms with Gasteiger partial charge in [-0.2, -0.15) is 18.3 Å². The van der Waals surface area contributed by atoms with Crippen LogP contribution in [0.3, 0.4) is 0 Å². The number of halogens is 3. The topological polar surface area (TPSA) is 69.0 Å². The Bertz CT molecular complexity index is 1010. The van der Waals surface area contributed by atoms with Crippen molar-refractivity contribution in [1.29, 1.82) is 0 Å². The molecular weight excluding hydrogens is 385 g/mol. The number of nitrogens with one attached hydrogen (secondary N) is 1. The first-order valence-electron chi connectivity index (χ1n) is 9.05. The molecule has 1 amide bonds. The first kappa shape index (κ1) is 19.0. The summed E-state index contributed by atoms with van der Waals surface area (Å²) >= 11 is 0. The van der Waals surface area contributed by atoms with Crippen LogP contribution >= 0.6 is 0 Å². The van der Waals surface area contributed by atoms with Crippen LogP contribution in [0.4, 0.5) is 18.9 Å². The second-order valence-corrected chi connectivity index (χ2v) is 6.69. The summed E-state index contributed by atoms with van der Waals surface area (Å²) in [6.45, 7) is 0. The molecule has 6 nitrogen and oxygen atoms in total. The Balaban J connectivity index is 1.61. The summed E-state index contributed by atoms with van der Waals surface area (Å²) < 4.78 is 47.5. The molecule has 3 aromatic rings. The molecule has 1 saturated carbocycles. The minimum atomic E-state index is -4.63. The summed E-state index contributed by atoms with van der Waals surface area (Å²) in [5.41, 5.74) is -0.820. The van der Waals surface area contributed by atoms with E-state index in [0.29, 0.717) is 5.75 Å². The fourth-order valence-corrected chi connectivity index (χ4v) is 3.00. The molecule has 1 fully saturated rings. The van der Waals surface area contributed by atoms with Gasteiger partial charge in [-0.3, -0.25) is 4.79 Å². The monoisotopic (exact) mass is 402 g/mol. The van der Waals surface area contributed by atoms with Gasteiger partial charge in [0.1, 0.15) is 18.4 Å². The van der Waals surface area contributed by atoms with Gasteiger partial charge >= 0.3 is 6.18 Å². The smallest absolute Gasteiger partial charge is 0.418 e. The highest BCUT2D eigenvalue weighted by Crippen LogP contribution is 2.35. The van der Waals surface area contributed by atoms with Crippen molar-refractivity contribution in [3.05, 3.63) is 66.2 Å². The van der Waals surface area contributed by atoms with E-state index in [-0.39, 0.29) is 23.0 Å². The molecule has 1 N–H and O–H groups in total. The average Bonchev–Trinajstić information content (AvgIpc) is 3.19. The number of benzene rings is 2. The van der Waals surface area contributed by atoms with Gasteiger partial charge in [0, 0.05) is 5.69 Å². The number of carbonyl (C=O) groups is 1. The summed E-state index contributed by atoms with van der Waals surface area (Å²) in [6.07, 6.45) is 0.697. The molecule has 1 aliphatic rings. The van der Waals surface area contributed by atoms with E-state index < -0.39 is 17.6 Å². The fourth-order valence-electron chi connectivity index (χ4n) is 3.00. The zero-order valence-corrected chi connectivity index (χ0v) is 15.2. The van der Waals surface area contributed by atoms with E-state index in [1.165, 1.54) is 18.5 Å². The molecule has 0 saturated heterocycles. The van der Waals surface area contributed by atoms with Crippen LogP contribution in [0.1, 0.15) is 35.2 Å².